The third-order valence-corrected chi connectivity index (χ3v) is 3.80. The maximum atomic E-state index is 9.03. The number of hydrogen-bond donors (Lipinski definition) is 1. The molecule has 18 heavy (non-hydrogen) atoms. The second-order valence-corrected chi connectivity index (χ2v) is 5.31. The first-order valence-electron chi connectivity index (χ1n) is 6.70. The van der Waals surface area contributed by atoms with Gasteiger partial charge in [-0.25, -0.2) is 9.97 Å². The molecule has 0 amide bonds. The number of nitriles is 1. The predicted molar refractivity (Wildman–Crippen MR) is 71.0 cm³/mol. The highest BCUT2D eigenvalue weighted by Gasteiger charge is 2.28. The van der Waals surface area contributed by atoms with Gasteiger partial charge in [0.25, 0.3) is 0 Å². The predicted octanol–water partition coefficient (Wildman–Crippen LogP) is 2.97. The summed E-state index contributed by atoms with van der Waals surface area (Å²) in [5.41, 5.74) is 0.394. The van der Waals surface area contributed by atoms with Gasteiger partial charge in [0, 0.05) is 18.4 Å². The molecule has 0 saturated heterocycles. The fraction of sp³-hybridized carbons (Fsp3) is 0.643. The molecule has 0 spiro atoms. The summed E-state index contributed by atoms with van der Waals surface area (Å²) in [7, 11) is 0. The van der Waals surface area contributed by atoms with E-state index in [0.29, 0.717) is 29.4 Å². The smallest absolute Gasteiger partial charge is 0.182 e. The van der Waals surface area contributed by atoms with Gasteiger partial charge in [-0.05, 0) is 24.7 Å². The summed E-state index contributed by atoms with van der Waals surface area (Å²) in [6.07, 6.45) is 8.18. The Balaban J connectivity index is 2.14. The van der Waals surface area contributed by atoms with Crippen molar-refractivity contribution >= 4 is 5.82 Å². The minimum atomic E-state index is 0.394. The van der Waals surface area contributed by atoms with Crippen LogP contribution in [0.1, 0.15) is 45.2 Å². The molecule has 1 saturated carbocycles. The monoisotopic (exact) mass is 244 g/mol. The second kappa shape index (κ2) is 5.81. The lowest BCUT2D eigenvalue weighted by atomic mass is 9.78. The molecule has 1 aliphatic rings. The molecule has 1 fully saturated rings. The van der Waals surface area contributed by atoms with E-state index in [0.717, 1.165) is 6.42 Å². The highest BCUT2D eigenvalue weighted by atomic mass is 15.0. The molecule has 1 heterocycles. The number of nitrogens with zero attached hydrogens (tertiary/aromatic N) is 3. The van der Waals surface area contributed by atoms with Gasteiger partial charge in [0.2, 0.25) is 0 Å². The summed E-state index contributed by atoms with van der Waals surface area (Å²) in [4.78, 5) is 8.29. The van der Waals surface area contributed by atoms with Crippen molar-refractivity contribution in [2.24, 2.45) is 11.8 Å². The van der Waals surface area contributed by atoms with Gasteiger partial charge in [0.1, 0.15) is 6.07 Å². The summed E-state index contributed by atoms with van der Waals surface area (Å²) in [6, 6.07) is 2.51. The second-order valence-electron chi connectivity index (χ2n) is 5.31. The van der Waals surface area contributed by atoms with Gasteiger partial charge in [0.15, 0.2) is 11.5 Å². The molecular weight excluding hydrogens is 224 g/mol. The number of hydrogen-bond acceptors (Lipinski definition) is 4. The van der Waals surface area contributed by atoms with Crippen LogP contribution in [0.4, 0.5) is 5.82 Å². The van der Waals surface area contributed by atoms with E-state index in [2.05, 4.69) is 35.2 Å². The molecule has 1 aromatic heterocycles. The number of nitrogens with one attached hydrogen (secondary N) is 1. The van der Waals surface area contributed by atoms with E-state index >= 15 is 0 Å². The first-order chi connectivity index (χ1) is 8.72. The molecule has 0 aliphatic heterocycles. The molecule has 2 unspecified atom stereocenters. The van der Waals surface area contributed by atoms with Gasteiger partial charge in [0.05, 0.1) is 0 Å². The van der Waals surface area contributed by atoms with Gasteiger partial charge < -0.3 is 5.32 Å². The van der Waals surface area contributed by atoms with Crippen molar-refractivity contribution in [3.8, 4) is 6.07 Å². The third kappa shape index (κ3) is 2.79. The van der Waals surface area contributed by atoms with E-state index in [4.69, 9.17) is 5.26 Å². The number of rotatable bonds is 3. The van der Waals surface area contributed by atoms with Crippen LogP contribution in [-0.2, 0) is 0 Å². The Hall–Kier alpha value is -1.63. The zero-order valence-corrected chi connectivity index (χ0v) is 11.1. The van der Waals surface area contributed by atoms with E-state index in [1.165, 1.54) is 19.3 Å². The number of aromatic nitrogens is 2. The van der Waals surface area contributed by atoms with E-state index < -0.39 is 0 Å². The highest BCUT2D eigenvalue weighted by Crippen LogP contribution is 2.32. The van der Waals surface area contributed by atoms with Crippen molar-refractivity contribution in [2.45, 2.75) is 45.6 Å². The third-order valence-electron chi connectivity index (χ3n) is 3.80. The molecule has 96 valence electrons. The van der Waals surface area contributed by atoms with Crippen LogP contribution in [0, 0.1) is 23.2 Å². The van der Waals surface area contributed by atoms with Crippen LogP contribution in [0.2, 0.25) is 0 Å². The van der Waals surface area contributed by atoms with Crippen LogP contribution in [-0.4, -0.2) is 16.0 Å². The number of anilines is 1. The summed E-state index contributed by atoms with van der Waals surface area (Å²) in [5.74, 6) is 1.95. The summed E-state index contributed by atoms with van der Waals surface area (Å²) in [6.45, 7) is 4.54. The first-order valence-corrected chi connectivity index (χ1v) is 6.70. The Morgan fingerprint density at radius 1 is 1.28 bits per heavy atom. The Bertz CT molecular complexity index is 436. The summed E-state index contributed by atoms with van der Waals surface area (Å²) >= 11 is 0. The van der Waals surface area contributed by atoms with Crippen molar-refractivity contribution in [2.75, 3.05) is 5.32 Å². The quantitative estimate of drug-likeness (QED) is 0.888. The maximum Gasteiger partial charge on any atom is 0.182 e. The van der Waals surface area contributed by atoms with Gasteiger partial charge in [-0.2, -0.15) is 5.26 Å². The molecule has 1 aromatic rings. The summed E-state index contributed by atoms with van der Waals surface area (Å²) in [5, 5.41) is 12.5. The largest absolute Gasteiger partial charge is 0.365 e. The molecule has 4 heteroatoms. The van der Waals surface area contributed by atoms with E-state index in [1.807, 2.05) is 0 Å². The van der Waals surface area contributed by atoms with Crippen molar-refractivity contribution in [1.82, 2.24) is 9.97 Å². The zero-order valence-electron chi connectivity index (χ0n) is 11.1. The van der Waals surface area contributed by atoms with Crippen LogP contribution in [0.15, 0.2) is 12.4 Å². The maximum absolute atomic E-state index is 9.03. The standard InChI is InChI=1S/C14H20N4/c1-10(2)11-5-3-4-6-12(11)18-14-13(9-15)16-7-8-17-14/h7-8,10-12H,3-6H2,1-2H3,(H,17,18). The van der Waals surface area contributed by atoms with Crippen LogP contribution in [0.3, 0.4) is 0 Å². The average molecular weight is 244 g/mol. The average Bonchev–Trinajstić information content (AvgIpc) is 2.40. The van der Waals surface area contributed by atoms with Gasteiger partial charge in [-0.15, -0.1) is 0 Å². The topological polar surface area (TPSA) is 61.6 Å². The van der Waals surface area contributed by atoms with E-state index in [9.17, 15) is 0 Å². The normalized spacial score (nSPS) is 23.7. The van der Waals surface area contributed by atoms with Crippen molar-refractivity contribution in [3.05, 3.63) is 18.1 Å². The van der Waals surface area contributed by atoms with Crippen molar-refractivity contribution in [3.63, 3.8) is 0 Å². The van der Waals surface area contributed by atoms with Crippen LogP contribution >= 0.6 is 0 Å². The molecule has 0 bridgehead atoms. The lowest BCUT2D eigenvalue weighted by Gasteiger charge is -2.35. The summed E-state index contributed by atoms with van der Waals surface area (Å²) < 4.78 is 0. The van der Waals surface area contributed by atoms with Crippen molar-refractivity contribution < 1.29 is 0 Å². The molecule has 0 radical (unpaired) electrons. The molecule has 1 aliphatic carbocycles. The van der Waals surface area contributed by atoms with Crippen LogP contribution < -0.4 is 5.32 Å². The van der Waals surface area contributed by atoms with Gasteiger partial charge >= 0.3 is 0 Å². The SMILES string of the molecule is CC(C)C1CCCCC1Nc1nccnc1C#N. The minimum absolute atomic E-state index is 0.394. The van der Waals surface area contributed by atoms with Crippen molar-refractivity contribution in [1.29, 1.82) is 5.26 Å². The lowest BCUT2D eigenvalue weighted by Crippen LogP contribution is -2.35. The molecule has 4 nitrogen and oxygen atoms in total. The zero-order chi connectivity index (χ0) is 13.0. The van der Waals surface area contributed by atoms with Crippen LogP contribution in [0.25, 0.3) is 0 Å². The molecule has 2 atom stereocenters. The fourth-order valence-corrected chi connectivity index (χ4v) is 2.84. The highest BCUT2D eigenvalue weighted by molar-refractivity contribution is 5.47. The molecule has 0 aromatic carbocycles. The first kappa shape index (κ1) is 12.8. The Morgan fingerprint density at radius 2 is 2.00 bits per heavy atom. The molecule has 2 rings (SSSR count). The lowest BCUT2D eigenvalue weighted by molar-refractivity contribution is 0.253. The van der Waals surface area contributed by atoms with Crippen LogP contribution in [0.5, 0.6) is 0 Å². The fourth-order valence-electron chi connectivity index (χ4n) is 2.84. The Labute approximate surface area is 108 Å². The Kier molecular flexibility index (Phi) is 4.14. The molecular formula is C14H20N4. The van der Waals surface area contributed by atoms with E-state index in [1.54, 1.807) is 12.4 Å². The Morgan fingerprint density at radius 3 is 2.72 bits per heavy atom. The molecule has 1 N–H and O–H groups in total. The van der Waals surface area contributed by atoms with Gasteiger partial charge in [-0.3, -0.25) is 0 Å². The minimum Gasteiger partial charge on any atom is -0.365 e. The van der Waals surface area contributed by atoms with E-state index in [-0.39, 0.29) is 0 Å². The van der Waals surface area contributed by atoms with Gasteiger partial charge in [-0.1, -0.05) is 26.7 Å².